The molecule has 0 saturated carbocycles. The van der Waals surface area contributed by atoms with Gasteiger partial charge in [-0.2, -0.15) is 0 Å². The largest absolute Gasteiger partial charge is 0.467 e. The minimum absolute atomic E-state index is 0.00669. The molecule has 5 nitrogen and oxygen atoms in total. The Labute approximate surface area is 159 Å². The number of amides is 1. The van der Waals surface area contributed by atoms with Gasteiger partial charge in [-0.15, -0.1) is 0 Å². The van der Waals surface area contributed by atoms with E-state index in [2.05, 4.69) is 5.32 Å². The Hall–Kier alpha value is -2.82. The third-order valence-corrected chi connectivity index (χ3v) is 5.10. The molecule has 1 amide bonds. The van der Waals surface area contributed by atoms with Crippen LogP contribution in [0, 0.1) is 5.92 Å². The van der Waals surface area contributed by atoms with E-state index >= 15 is 0 Å². The Bertz CT molecular complexity index is 896. The highest BCUT2D eigenvalue weighted by molar-refractivity contribution is 6.05. The first kappa shape index (κ1) is 17.6. The van der Waals surface area contributed by atoms with Gasteiger partial charge in [-0.1, -0.05) is 26.0 Å². The molecule has 1 aliphatic carbocycles. The topological polar surface area (TPSA) is 62.6 Å². The Balaban J connectivity index is 1.95. The molecular formula is C22H24N2O3. The average molecular weight is 364 g/mol. The van der Waals surface area contributed by atoms with E-state index < -0.39 is 6.04 Å². The fraction of sp³-hybridized carbons (Fsp3) is 0.364. The molecule has 140 valence electrons. The number of rotatable bonds is 3. The highest BCUT2D eigenvalue weighted by atomic mass is 16.3. The van der Waals surface area contributed by atoms with E-state index in [1.807, 2.05) is 44.2 Å². The minimum Gasteiger partial charge on any atom is -0.467 e. The summed E-state index contributed by atoms with van der Waals surface area (Å²) in [7, 11) is 0. The summed E-state index contributed by atoms with van der Waals surface area (Å²) < 4.78 is 5.72. The number of ketones is 1. The third-order valence-electron chi connectivity index (χ3n) is 5.10. The molecule has 1 aromatic heterocycles. The number of hydrogen-bond donors (Lipinski definition) is 1. The van der Waals surface area contributed by atoms with Crippen molar-refractivity contribution >= 4 is 23.1 Å². The highest BCUT2D eigenvalue weighted by Crippen LogP contribution is 2.45. The molecule has 2 aliphatic rings. The van der Waals surface area contributed by atoms with Crippen LogP contribution >= 0.6 is 0 Å². The molecule has 4 rings (SSSR count). The van der Waals surface area contributed by atoms with E-state index in [0.717, 1.165) is 29.9 Å². The smallest absolute Gasteiger partial charge is 0.228 e. The lowest BCUT2D eigenvalue weighted by Crippen LogP contribution is -2.38. The highest BCUT2D eigenvalue weighted by Gasteiger charge is 2.40. The molecule has 0 spiro atoms. The first-order chi connectivity index (χ1) is 13.1. The molecule has 0 saturated heterocycles. The van der Waals surface area contributed by atoms with E-state index in [1.54, 1.807) is 17.2 Å². The summed E-state index contributed by atoms with van der Waals surface area (Å²) in [6.07, 6.45) is 4.11. The zero-order valence-corrected chi connectivity index (χ0v) is 15.7. The number of benzene rings is 1. The van der Waals surface area contributed by atoms with E-state index in [-0.39, 0.29) is 17.6 Å². The fourth-order valence-corrected chi connectivity index (χ4v) is 3.97. The van der Waals surface area contributed by atoms with Gasteiger partial charge in [-0.05, 0) is 43.0 Å². The predicted molar refractivity (Wildman–Crippen MR) is 104 cm³/mol. The number of furan rings is 1. The third kappa shape index (κ3) is 3.18. The zero-order chi connectivity index (χ0) is 19.0. The number of carbonyl (C=O) groups is 2. The van der Waals surface area contributed by atoms with E-state index in [0.29, 0.717) is 24.2 Å². The van der Waals surface area contributed by atoms with Gasteiger partial charge in [0.2, 0.25) is 5.91 Å². The van der Waals surface area contributed by atoms with Crippen molar-refractivity contribution < 1.29 is 14.0 Å². The Morgan fingerprint density at radius 3 is 2.78 bits per heavy atom. The summed E-state index contributed by atoms with van der Waals surface area (Å²) in [5.74, 6) is 0.912. The van der Waals surface area contributed by atoms with Crippen LogP contribution in [0.25, 0.3) is 0 Å². The second-order valence-corrected chi connectivity index (χ2v) is 7.59. The maximum atomic E-state index is 13.3. The molecule has 1 aliphatic heterocycles. The molecule has 0 fully saturated rings. The SMILES string of the molecule is CC(C)CC(=O)N1c2ccccc2NC2=C(C(=O)CCC2)C1c1ccco1. The van der Waals surface area contributed by atoms with Gasteiger partial charge in [0, 0.05) is 24.1 Å². The molecule has 5 heteroatoms. The standard InChI is InChI=1S/C22H24N2O3/c1-14(2)13-20(26)24-17-9-4-3-7-15(17)23-16-8-5-10-18(25)21(16)22(24)19-11-6-12-27-19/h3-4,6-7,9,11-12,14,22-23H,5,8,10,13H2,1-2H3. The molecule has 1 N–H and O–H groups in total. The summed E-state index contributed by atoms with van der Waals surface area (Å²) in [5, 5.41) is 3.45. The van der Waals surface area contributed by atoms with Gasteiger partial charge in [-0.3, -0.25) is 14.5 Å². The number of nitrogens with one attached hydrogen (secondary N) is 1. The van der Waals surface area contributed by atoms with Crippen LogP contribution in [0.1, 0.15) is 51.3 Å². The zero-order valence-electron chi connectivity index (χ0n) is 15.7. The minimum atomic E-state index is -0.537. The number of allylic oxidation sites excluding steroid dienone is 1. The fourth-order valence-electron chi connectivity index (χ4n) is 3.97. The summed E-state index contributed by atoms with van der Waals surface area (Å²) in [6, 6.07) is 10.9. The van der Waals surface area contributed by atoms with E-state index in [1.165, 1.54) is 0 Å². The summed E-state index contributed by atoms with van der Waals surface area (Å²) in [6.45, 7) is 4.05. The van der Waals surface area contributed by atoms with Gasteiger partial charge in [0.05, 0.1) is 17.6 Å². The van der Waals surface area contributed by atoms with Crippen molar-refractivity contribution in [2.24, 2.45) is 5.92 Å². The summed E-state index contributed by atoms with van der Waals surface area (Å²) in [5.41, 5.74) is 3.20. The maximum Gasteiger partial charge on any atom is 0.228 e. The number of nitrogens with zero attached hydrogens (tertiary/aromatic N) is 1. The first-order valence-electron chi connectivity index (χ1n) is 9.54. The van der Waals surface area contributed by atoms with Crippen LogP contribution in [0.5, 0.6) is 0 Å². The van der Waals surface area contributed by atoms with Crippen molar-refractivity contribution in [3.63, 3.8) is 0 Å². The van der Waals surface area contributed by atoms with Gasteiger partial charge < -0.3 is 9.73 Å². The van der Waals surface area contributed by atoms with E-state index in [4.69, 9.17) is 4.42 Å². The van der Waals surface area contributed by atoms with Gasteiger partial charge in [0.1, 0.15) is 11.8 Å². The van der Waals surface area contributed by atoms with Crippen molar-refractivity contribution in [1.29, 1.82) is 0 Å². The predicted octanol–water partition coefficient (Wildman–Crippen LogP) is 4.83. The molecule has 1 atom stereocenters. The quantitative estimate of drug-likeness (QED) is 0.847. The van der Waals surface area contributed by atoms with Crippen LogP contribution in [0.15, 0.2) is 58.3 Å². The maximum absolute atomic E-state index is 13.3. The monoisotopic (exact) mass is 364 g/mol. The molecule has 2 heterocycles. The molecule has 1 unspecified atom stereocenters. The van der Waals surface area contributed by atoms with Crippen molar-refractivity contribution in [2.45, 2.75) is 45.6 Å². The number of carbonyl (C=O) groups excluding carboxylic acids is 2. The Morgan fingerprint density at radius 1 is 1.22 bits per heavy atom. The number of para-hydroxylation sites is 2. The molecule has 27 heavy (non-hydrogen) atoms. The van der Waals surface area contributed by atoms with Gasteiger partial charge in [-0.25, -0.2) is 0 Å². The summed E-state index contributed by atoms with van der Waals surface area (Å²) >= 11 is 0. The second kappa shape index (κ2) is 7.06. The van der Waals surface area contributed by atoms with Crippen LogP contribution < -0.4 is 10.2 Å². The average Bonchev–Trinajstić information content (AvgIpc) is 3.10. The molecule has 2 aromatic rings. The van der Waals surface area contributed by atoms with Crippen LogP contribution in [0.4, 0.5) is 11.4 Å². The van der Waals surface area contributed by atoms with Crippen LogP contribution in [-0.2, 0) is 9.59 Å². The summed E-state index contributed by atoms with van der Waals surface area (Å²) in [4.78, 5) is 28.0. The number of anilines is 2. The van der Waals surface area contributed by atoms with Crippen molar-refractivity contribution in [1.82, 2.24) is 0 Å². The van der Waals surface area contributed by atoms with Crippen molar-refractivity contribution in [2.75, 3.05) is 10.2 Å². The molecular weight excluding hydrogens is 340 g/mol. The molecule has 0 bridgehead atoms. The Kier molecular flexibility index (Phi) is 4.60. The van der Waals surface area contributed by atoms with E-state index in [9.17, 15) is 9.59 Å². The number of Topliss-reactive ketones (excluding diaryl/α,β-unsaturated/α-hetero) is 1. The van der Waals surface area contributed by atoms with Gasteiger partial charge in [0.25, 0.3) is 0 Å². The van der Waals surface area contributed by atoms with Crippen molar-refractivity contribution in [3.8, 4) is 0 Å². The van der Waals surface area contributed by atoms with Crippen LogP contribution in [-0.4, -0.2) is 11.7 Å². The van der Waals surface area contributed by atoms with Crippen molar-refractivity contribution in [3.05, 3.63) is 59.7 Å². The lowest BCUT2D eigenvalue weighted by molar-refractivity contribution is -0.119. The van der Waals surface area contributed by atoms with Crippen LogP contribution in [0.2, 0.25) is 0 Å². The first-order valence-corrected chi connectivity index (χ1v) is 9.54. The van der Waals surface area contributed by atoms with Gasteiger partial charge in [0.15, 0.2) is 5.78 Å². The number of fused-ring (bicyclic) bond motifs is 1. The van der Waals surface area contributed by atoms with Gasteiger partial charge >= 0.3 is 0 Å². The number of hydrogen-bond acceptors (Lipinski definition) is 4. The lowest BCUT2D eigenvalue weighted by Gasteiger charge is -2.32. The second-order valence-electron chi connectivity index (χ2n) is 7.59. The lowest BCUT2D eigenvalue weighted by atomic mass is 9.88. The molecule has 0 radical (unpaired) electrons. The molecule has 1 aromatic carbocycles. The Morgan fingerprint density at radius 2 is 2.04 bits per heavy atom. The van der Waals surface area contributed by atoms with Crippen LogP contribution in [0.3, 0.4) is 0 Å². The normalized spacial score (nSPS) is 19.4.